The number of hydrogen-bond acceptors (Lipinski definition) is 6. The van der Waals surface area contributed by atoms with E-state index >= 15 is 0 Å². The number of anilines is 1. The number of methoxy groups -OCH3 is 2. The summed E-state index contributed by atoms with van der Waals surface area (Å²) in [6.07, 6.45) is 3.73. The van der Waals surface area contributed by atoms with Crippen LogP contribution in [0.3, 0.4) is 0 Å². The first-order valence-corrected chi connectivity index (χ1v) is 9.73. The number of fused-ring (bicyclic) bond motifs is 1. The average Bonchev–Trinajstić information content (AvgIpc) is 3.26. The Labute approximate surface area is 161 Å². The van der Waals surface area contributed by atoms with E-state index in [0.717, 1.165) is 36.3 Å². The monoisotopic (exact) mass is 387 g/mol. The number of carbonyl (C=O) groups is 2. The van der Waals surface area contributed by atoms with E-state index in [9.17, 15) is 9.59 Å². The van der Waals surface area contributed by atoms with E-state index in [1.807, 2.05) is 0 Å². The molecule has 2 aliphatic rings. The molecule has 0 spiro atoms. The molecule has 4 rings (SSSR count). The van der Waals surface area contributed by atoms with Crippen molar-refractivity contribution in [3.8, 4) is 11.5 Å². The second-order valence-electron chi connectivity index (χ2n) is 6.76. The lowest BCUT2D eigenvalue weighted by Gasteiger charge is -2.10. The van der Waals surface area contributed by atoms with Crippen LogP contribution in [0.5, 0.6) is 11.5 Å². The fourth-order valence-corrected chi connectivity index (χ4v) is 4.21. The largest absolute Gasteiger partial charge is 0.497 e. The van der Waals surface area contributed by atoms with E-state index in [2.05, 4.69) is 15.6 Å². The van der Waals surface area contributed by atoms with Gasteiger partial charge in [0.05, 0.1) is 25.8 Å². The Morgan fingerprint density at radius 2 is 1.81 bits per heavy atom. The topological polar surface area (TPSA) is 89.6 Å². The van der Waals surface area contributed by atoms with Crippen LogP contribution in [0.25, 0.3) is 0 Å². The number of ether oxygens (including phenoxy) is 2. The smallest absolute Gasteiger partial charge is 0.257 e. The van der Waals surface area contributed by atoms with E-state index in [0.29, 0.717) is 28.2 Å². The highest BCUT2D eigenvalue weighted by Gasteiger charge is 2.35. The van der Waals surface area contributed by atoms with Gasteiger partial charge in [0.15, 0.2) is 5.13 Å². The third-order valence-electron chi connectivity index (χ3n) is 4.79. The number of amides is 2. The van der Waals surface area contributed by atoms with Crippen molar-refractivity contribution in [3.05, 3.63) is 34.3 Å². The lowest BCUT2D eigenvalue weighted by Crippen LogP contribution is -2.30. The molecule has 1 aromatic carbocycles. The highest BCUT2D eigenvalue weighted by molar-refractivity contribution is 7.16. The molecule has 8 heteroatoms. The molecule has 1 fully saturated rings. The Hall–Kier alpha value is -2.61. The maximum atomic E-state index is 12.6. The first kappa shape index (κ1) is 17.8. The molecule has 7 nitrogen and oxygen atoms in total. The maximum absolute atomic E-state index is 12.6. The number of aromatic nitrogens is 1. The molecule has 0 radical (unpaired) electrons. The molecule has 27 heavy (non-hydrogen) atoms. The maximum Gasteiger partial charge on any atom is 0.257 e. The molecular weight excluding hydrogens is 366 g/mol. The van der Waals surface area contributed by atoms with Gasteiger partial charge in [0.25, 0.3) is 5.91 Å². The first-order valence-electron chi connectivity index (χ1n) is 8.91. The minimum Gasteiger partial charge on any atom is -0.497 e. The van der Waals surface area contributed by atoms with Crippen LogP contribution in [0.15, 0.2) is 18.2 Å². The molecule has 2 N–H and O–H groups in total. The zero-order chi connectivity index (χ0) is 19.0. The van der Waals surface area contributed by atoms with Crippen molar-refractivity contribution in [2.24, 2.45) is 0 Å². The molecule has 1 saturated carbocycles. The van der Waals surface area contributed by atoms with Crippen LogP contribution in [-0.4, -0.2) is 37.1 Å². The Morgan fingerprint density at radius 3 is 2.44 bits per heavy atom. The predicted octanol–water partition coefficient (Wildman–Crippen LogP) is 2.72. The third-order valence-corrected chi connectivity index (χ3v) is 5.84. The zero-order valence-electron chi connectivity index (χ0n) is 15.2. The fourth-order valence-electron chi connectivity index (χ4n) is 3.17. The summed E-state index contributed by atoms with van der Waals surface area (Å²) in [5.41, 5.74) is 1.22. The van der Waals surface area contributed by atoms with E-state index in [1.165, 1.54) is 25.6 Å². The standard InChI is InChI=1S/C19H21N3O4S/c1-25-12-7-10(8-13(9-12)26-2)17(23)22-19-21-16-14(5-6-15(16)27-19)18(24)20-11-3-4-11/h7-9,11,14H,3-6H2,1-2H3,(H,20,24)(H,21,22,23). The van der Waals surface area contributed by atoms with Crippen LogP contribution in [0.4, 0.5) is 5.13 Å². The van der Waals surface area contributed by atoms with E-state index in [4.69, 9.17) is 9.47 Å². The number of carbonyl (C=O) groups excluding carboxylic acids is 2. The summed E-state index contributed by atoms with van der Waals surface area (Å²) in [5, 5.41) is 6.39. The van der Waals surface area contributed by atoms with Crippen molar-refractivity contribution in [2.45, 2.75) is 37.6 Å². The Balaban J connectivity index is 1.49. The van der Waals surface area contributed by atoms with Crippen LogP contribution in [0.2, 0.25) is 0 Å². The molecule has 0 aliphatic heterocycles. The number of rotatable bonds is 6. The van der Waals surface area contributed by atoms with E-state index in [-0.39, 0.29) is 17.7 Å². The summed E-state index contributed by atoms with van der Waals surface area (Å²) < 4.78 is 10.4. The van der Waals surface area contributed by atoms with E-state index in [1.54, 1.807) is 18.2 Å². The van der Waals surface area contributed by atoms with Gasteiger partial charge in [0.2, 0.25) is 5.91 Å². The normalized spacial score (nSPS) is 17.9. The van der Waals surface area contributed by atoms with Gasteiger partial charge in [-0.15, -0.1) is 11.3 Å². The Bertz CT molecular complexity index is 869. The van der Waals surface area contributed by atoms with Crippen molar-refractivity contribution in [2.75, 3.05) is 19.5 Å². The number of benzene rings is 1. The van der Waals surface area contributed by atoms with Gasteiger partial charge in [-0.3, -0.25) is 14.9 Å². The van der Waals surface area contributed by atoms with Gasteiger partial charge < -0.3 is 14.8 Å². The molecule has 1 heterocycles. The number of thiazole rings is 1. The minimum atomic E-state index is -0.293. The highest BCUT2D eigenvalue weighted by Crippen LogP contribution is 2.39. The average molecular weight is 387 g/mol. The second-order valence-corrected chi connectivity index (χ2v) is 7.84. The minimum absolute atomic E-state index is 0.0527. The summed E-state index contributed by atoms with van der Waals surface area (Å²) in [4.78, 5) is 30.6. The lowest BCUT2D eigenvalue weighted by molar-refractivity contribution is -0.122. The number of nitrogens with zero attached hydrogens (tertiary/aromatic N) is 1. The Kier molecular flexibility index (Phi) is 4.73. The summed E-state index contributed by atoms with van der Waals surface area (Å²) in [6.45, 7) is 0. The van der Waals surface area contributed by atoms with Crippen molar-refractivity contribution in [1.29, 1.82) is 0 Å². The molecule has 0 saturated heterocycles. The molecule has 142 valence electrons. The van der Waals surface area contributed by atoms with Gasteiger partial charge in [-0.25, -0.2) is 4.98 Å². The quantitative estimate of drug-likeness (QED) is 0.796. The fraction of sp³-hybridized carbons (Fsp3) is 0.421. The van der Waals surface area contributed by atoms with Crippen molar-refractivity contribution >= 4 is 28.3 Å². The third kappa shape index (κ3) is 3.75. The molecular formula is C19H21N3O4S. The van der Waals surface area contributed by atoms with Gasteiger partial charge in [0.1, 0.15) is 11.5 Å². The predicted molar refractivity (Wildman–Crippen MR) is 102 cm³/mol. The van der Waals surface area contributed by atoms with Gasteiger partial charge in [-0.05, 0) is 37.8 Å². The van der Waals surface area contributed by atoms with Gasteiger partial charge >= 0.3 is 0 Å². The molecule has 1 atom stereocenters. The van der Waals surface area contributed by atoms with Crippen LogP contribution in [0.1, 0.15) is 46.1 Å². The number of hydrogen-bond donors (Lipinski definition) is 2. The molecule has 2 amide bonds. The second kappa shape index (κ2) is 7.19. The van der Waals surface area contributed by atoms with Crippen molar-refractivity contribution in [3.63, 3.8) is 0 Å². The van der Waals surface area contributed by atoms with Crippen LogP contribution < -0.4 is 20.1 Å². The van der Waals surface area contributed by atoms with Crippen LogP contribution in [-0.2, 0) is 11.2 Å². The van der Waals surface area contributed by atoms with Gasteiger partial charge in [-0.2, -0.15) is 0 Å². The van der Waals surface area contributed by atoms with Crippen LogP contribution in [0, 0.1) is 0 Å². The summed E-state index contributed by atoms with van der Waals surface area (Å²) in [7, 11) is 3.07. The highest BCUT2D eigenvalue weighted by atomic mass is 32.1. The molecule has 1 aromatic heterocycles. The first-order chi connectivity index (χ1) is 13.1. The number of nitrogens with one attached hydrogen (secondary N) is 2. The van der Waals surface area contributed by atoms with Crippen molar-refractivity contribution in [1.82, 2.24) is 10.3 Å². The molecule has 2 aliphatic carbocycles. The van der Waals surface area contributed by atoms with Gasteiger partial charge in [0, 0.05) is 22.5 Å². The molecule has 0 bridgehead atoms. The Morgan fingerprint density at radius 1 is 1.11 bits per heavy atom. The molecule has 2 aromatic rings. The van der Waals surface area contributed by atoms with E-state index < -0.39 is 0 Å². The van der Waals surface area contributed by atoms with Crippen LogP contribution >= 0.6 is 11.3 Å². The summed E-state index contributed by atoms with van der Waals surface area (Å²) >= 11 is 1.44. The lowest BCUT2D eigenvalue weighted by atomic mass is 10.1. The molecule has 1 unspecified atom stereocenters. The zero-order valence-corrected chi connectivity index (χ0v) is 16.0. The summed E-state index contributed by atoms with van der Waals surface area (Å²) in [5.74, 6) is 0.630. The van der Waals surface area contributed by atoms with Gasteiger partial charge in [-0.1, -0.05) is 0 Å². The van der Waals surface area contributed by atoms with Crippen molar-refractivity contribution < 1.29 is 19.1 Å². The SMILES string of the molecule is COc1cc(OC)cc(C(=O)Nc2nc3c(s2)CCC3C(=O)NC2CC2)c1. The summed E-state index contributed by atoms with van der Waals surface area (Å²) in [6, 6.07) is 5.33. The number of aryl methyl sites for hydroxylation is 1.